The topological polar surface area (TPSA) is 96.0 Å². The normalized spacial score (nSPS) is 23.1. The molecule has 0 aromatic heterocycles. The maximum atomic E-state index is 11.6. The fourth-order valence-corrected chi connectivity index (χ4v) is 4.24. The van der Waals surface area contributed by atoms with Crippen LogP contribution in [-0.4, -0.2) is 48.5 Å². The van der Waals surface area contributed by atoms with Gasteiger partial charge in [0, 0.05) is 29.7 Å². The second-order valence-corrected chi connectivity index (χ2v) is 7.86. The van der Waals surface area contributed by atoms with Crippen LogP contribution in [0.3, 0.4) is 0 Å². The molecule has 8 heteroatoms. The fourth-order valence-electron chi connectivity index (χ4n) is 2.38. The van der Waals surface area contributed by atoms with E-state index in [2.05, 4.69) is 10.1 Å². The Balaban J connectivity index is 2.14. The molecule has 0 spiro atoms. The highest BCUT2D eigenvalue weighted by Gasteiger charge is 2.28. The van der Waals surface area contributed by atoms with Crippen LogP contribution < -0.4 is 5.73 Å². The zero-order valence-electron chi connectivity index (χ0n) is 11.7. The molecule has 1 aromatic rings. The minimum atomic E-state index is -2.92. The lowest BCUT2D eigenvalue weighted by Gasteiger charge is -2.33. The maximum absolute atomic E-state index is 11.6. The Kier molecular flexibility index (Phi) is 4.75. The molecular formula is C13H18ClN3O3S. The molecule has 1 aromatic carbocycles. The molecule has 1 atom stereocenters. The quantitative estimate of drug-likeness (QED) is 0.373. The van der Waals surface area contributed by atoms with Crippen LogP contribution >= 0.6 is 11.6 Å². The predicted molar refractivity (Wildman–Crippen MR) is 82.5 cm³/mol. The SMILES string of the molecule is CC1CS(=O)(=O)CCN1Cc1ccc(/C(N)=N/O)cc1Cl. The number of hydrogen-bond acceptors (Lipinski definition) is 5. The number of sulfone groups is 1. The molecular weight excluding hydrogens is 314 g/mol. The lowest BCUT2D eigenvalue weighted by Crippen LogP contribution is -2.46. The van der Waals surface area contributed by atoms with E-state index in [0.29, 0.717) is 23.7 Å². The van der Waals surface area contributed by atoms with Crippen molar-refractivity contribution in [2.24, 2.45) is 10.9 Å². The molecule has 1 aliphatic rings. The van der Waals surface area contributed by atoms with Gasteiger partial charge in [0.15, 0.2) is 15.7 Å². The van der Waals surface area contributed by atoms with Gasteiger partial charge in [-0.05, 0) is 18.6 Å². The highest BCUT2D eigenvalue weighted by Crippen LogP contribution is 2.22. The van der Waals surface area contributed by atoms with Gasteiger partial charge in [0.2, 0.25) is 0 Å². The highest BCUT2D eigenvalue weighted by molar-refractivity contribution is 7.91. The Morgan fingerprint density at radius 2 is 2.29 bits per heavy atom. The second kappa shape index (κ2) is 6.21. The van der Waals surface area contributed by atoms with Gasteiger partial charge in [-0.2, -0.15) is 0 Å². The van der Waals surface area contributed by atoms with Crippen molar-refractivity contribution >= 4 is 27.3 Å². The Morgan fingerprint density at radius 1 is 1.57 bits per heavy atom. The number of nitrogens with two attached hydrogens (primary N) is 1. The lowest BCUT2D eigenvalue weighted by atomic mass is 10.1. The number of nitrogens with zero attached hydrogens (tertiary/aromatic N) is 2. The molecule has 0 saturated carbocycles. The summed E-state index contributed by atoms with van der Waals surface area (Å²) in [4.78, 5) is 2.09. The minimum Gasteiger partial charge on any atom is -0.409 e. The van der Waals surface area contributed by atoms with Gasteiger partial charge in [0.25, 0.3) is 0 Å². The van der Waals surface area contributed by atoms with Gasteiger partial charge in [0.1, 0.15) is 0 Å². The molecule has 0 bridgehead atoms. The number of rotatable bonds is 3. The van der Waals surface area contributed by atoms with Crippen molar-refractivity contribution in [1.82, 2.24) is 4.90 Å². The molecule has 1 saturated heterocycles. The zero-order chi connectivity index (χ0) is 15.6. The third-order valence-electron chi connectivity index (χ3n) is 3.64. The van der Waals surface area contributed by atoms with E-state index >= 15 is 0 Å². The highest BCUT2D eigenvalue weighted by atomic mass is 35.5. The van der Waals surface area contributed by atoms with Crippen molar-refractivity contribution in [2.45, 2.75) is 19.5 Å². The molecule has 21 heavy (non-hydrogen) atoms. The lowest BCUT2D eigenvalue weighted by molar-refractivity contribution is 0.218. The largest absolute Gasteiger partial charge is 0.409 e. The van der Waals surface area contributed by atoms with E-state index in [9.17, 15) is 8.42 Å². The molecule has 1 fully saturated rings. The van der Waals surface area contributed by atoms with Crippen LogP contribution in [0.25, 0.3) is 0 Å². The summed E-state index contributed by atoms with van der Waals surface area (Å²) in [6.45, 7) is 2.98. The first kappa shape index (κ1) is 16.1. The first-order valence-corrected chi connectivity index (χ1v) is 8.73. The van der Waals surface area contributed by atoms with Crippen molar-refractivity contribution in [3.63, 3.8) is 0 Å². The summed E-state index contributed by atoms with van der Waals surface area (Å²) in [6, 6.07) is 5.13. The van der Waals surface area contributed by atoms with Crippen LogP contribution in [0, 0.1) is 0 Å². The van der Waals surface area contributed by atoms with Gasteiger partial charge in [-0.3, -0.25) is 4.90 Å². The summed E-state index contributed by atoms with van der Waals surface area (Å²) in [5, 5.41) is 12.1. The third kappa shape index (κ3) is 3.87. The van der Waals surface area contributed by atoms with E-state index in [4.69, 9.17) is 22.5 Å². The number of benzene rings is 1. The summed E-state index contributed by atoms with van der Waals surface area (Å²) in [5.41, 5.74) is 6.94. The minimum absolute atomic E-state index is 0.000818. The summed E-state index contributed by atoms with van der Waals surface area (Å²) in [6.07, 6.45) is 0. The summed E-state index contributed by atoms with van der Waals surface area (Å²) < 4.78 is 23.2. The smallest absolute Gasteiger partial charge is 0.170 e. The van der Waals surface area contributed by atoms with E-state index in [1.807, 2.05) is 13.0 Å². The van der Waals surface area contributed by atoms with E-state index < -0.39 is 9.84 Å². The summed E-state index contributed by atoms with van der Waals surface area (Å²) in [7, 11) is -2.92. The molecule has 0 amide bonds. The molecule has 1 heterocycles. The number of hydrogen-bond donors (Lipinski definition) is 2. The summed E-state index contributed by atoms with van der Waals surface area (Å²) in [5.74, 6) is 0.352. The molecule has 3 N–H and O–H groups in total. The standard InChI is InChI=1S/C13H18ClN3O3S/c1-9-8-21(19,20)5-4-17(9)7-11-3-2-10(6-12(11)14)13(15)16-18/h2-3,6,9,18H,4-5,7-8H2,1H3,(H2,15,16). The molecule has 1 unspecified atom stereocenters. The average Bonchev–Trinajstić information content (AvgIpc) is 2.42. The van der Waals surface area contributed by atoms with Crippen molar-refractivity contribution in [2.75, 3.05) is 18.1 Å². The van der Waals surface area contributed by atoms with Crippen LogP contribution in [0.1, 0.15) is 18.1 Å². The molecule has 1 aliphatic heterocycles. The number of oxime groups is 1. The molecule has 0 aliphatic carbocycles. The number of amidine groups is 1. The Bertz CT molecular complexity index is 661. The first-order chi connectivity index (χ1) is 9.82. The van der Waals surface area contributed by atoms with E-state index in [1.165, 1.54) is 0 Å². The van der Waals surface area contributed by atoms with Crippen molar-refractivity contribution < 1.29 is 13.6 Å². The van der Waals surface area contributed by atoms with Crippen molar-refractivity contribution in [3.05, 3.63) is 34.3 Å². The van der Waals surface area contributed by atoms with E-state index in [0.717, 1.165) is 5.56 Å². The van der Waals surface area contributed by atoms with Crippen LogP contribution in [-0.2, 0) is 16.4 Å². The number of halogens is 1. The van der Waals surface area contributed by atoms with E-state index in [1.54, 1.807) is 12.1 Å². The molecule has 116 valence electrons. The second-order valence-electron chi connectivity index (χ2n) is 5.23. The monoisotopic (exact) mass is 331 g/mol. The van der Waals surface area contributed by atoms with Gasteiger partial charge in [-0.25, -0.2) is 8.42 Å². The van der Waals surface area contributed by atoms with E-state index in [-0.39, 0.29) is 23.4 Å². The van der Waals surface area contributed by atoms with Crippen molar-refractivity contribution in [3.8, 4) is 0 Å². The van der Waals surface area contributed by atoms with Crippen LogP contribution in [0.5, 0.6) is 0 Å². The zero-order valence-corrected chi connectivity index (χ0v) is 13.2. The van der Waals surface area contributed by atoms with Crippen molar-refractivity contribution in [1.29, 1.82) is 0 Å². The van der Waals surface area contributed by atoms with Crippen LogP contribution in [0.2, 0.25) is 5.02 Å². The van der Waals surface area contributed by atoms with Gasteiger partial charge in [-0.1, -0.05) is 28.9 Å². The maximum Gasteiger partial charge on any atom is 0.170 e. The molecule has 0 radical (unpaired) electrons. The predicted octanol–water partition coefficient (Wildman–Crippen LogP) is 1.05. The third-order valence-corrected chi connectivity index (χ3v) is 5.78. The van der Waals surface area contributed by atoms with Gasteiger partial charge in [-0.15, -0.1) is 0 Å². The Labute approximate surface area is 129 Å². The van der Waals surface area contributed by atoms with Gasteiger partial charge >= 0.3 is 0 Å². The fraction of sp³-hybridized carbons (Fsp3) is 0.462. The molecule has 2 rings (SSSR count). The van der Waals surface area contributed by atoms with Crippen LogP contribution in [0.4, 0.5) is 0 Å². The Hall–Kier alpha value is -1.31. The van der Waals surface area contributed by atoms with Crippen LogP contribution in [0.15, 0.2) is 23.4 Å². The van der Waals surface area contributed by atoms with Gasteiger partial charge in [0.05, 0.1) is 11.5 Å². The Morgan fingerprint density at radius 3 is 2.86 bits per heavy atom. The average molecular weight is 332 g/mol. The van der Waals surface area contributed by atoms with Gasteiger partial charge < -0.3 is 10.9 Å². The first-order valence-electron chi connectivity index (χ1n) is 6.53. The summed E-state index contributed by atoms with van der Waals surface area (Å²) >= 11 is 6.22. The molecule has 6 nitrogen and oxygen atoms in total.